The van der Waals surface area contributed by atoms with Gasteiger partial charge in [-0.2, -0.15) is 0 Å². The van der Waals surface area contributed by atoms with E-state index in [9.17, 15) is 8.42 Å². The Morgan fingerprint density at radius 2 is 2.31 bits per heavy atom. The smallest absolute Gasteiger partial charge is 0.241 e. The van der Waals surface area contributed by atoms with Gasteiger partial charge in [0, 0.05) is 5.38 Å². The molecule has 90 valence electrons. The zero-order valence-electron chi connectivity index (χ0n) is 8.93. The Hall–Kier alpha value is -0.730. The Morgan fingerprint density at radius 3 is 2.75 bits per heavy atom. The number of hydrogen-bond acceptors (Lipinski definition) is 5. The number of thiocarbonyl (C=S) groups is 1. The molecule has 0 saturated carbocycles. The summed E-state index contributed by atoms with van der Waals surface area (Å²) in [6.07, 6.45) is 0. The molecule has 0 spiro atoms. The number of nitrogens with one attached hydrogen (secondary N) is 1. The number of nitrogens with zero attached hydrogens (tertiary/aromatic N) is 1. The maximum Gasteiger partial charge on any atom is 0.241 e. The van der Waals surface area contributed by atoms with E-state index in [0.29, 0.717) is 5.13 Å². The minimum absolute atomic E-state index is 0.0619. The van der Waals surface area contributed by atoms with Crippen molar-refractivity contribution in [2.45, 2.75) is 19.8 Å². The molecule has 0 saturated heterocycles. The number of thiazole rings is 1. The van der Waals surface area contributed by atoms with E-state index in [2.05, 4.69) is 21.9 Å². The van der Waals surface area contributed by atoms with Crippen LogP contribution in [-0.2, 0) is 10.0 Å². The monoisotopic (exact) mass is 279 g/mol. The molecule has 8 heteroatoms. The summed E-state index contributed by atoms with van der Waals surface area (Å²) >= 11 is 5.79. The number of hydrogen-bond donors (Lipinski definition) is 2. The lowest BCUT2D eigenvalue weighted by Crippen LogP contribution is -2.26. The first-order valence-electron chi connectivity index (χ1n) is 4.54. The lowest BCUT2D eigenvalue weighted by Gasteiger charge is -2.03. The van der Waals surface area contributed by atoms with Crippen LogP contribution in [0.15, 0.2) is 5.38 Å². The van der Waals surface area contributed by atoms with Gasteiger partial charge in [-0.05, 0) is 5.92 Å². The fraction of sp³-hybridized carbons (Fsp3) is 0.500. The van der Waals surface area contributed by atoms with Crippen LogP contribution in [0, 0.1) is 0 Å². The molecule has 0 bridgehead atoms. The van der Waals surface area contributed by atoms with Gasteiger partial charge in [-0.1, -0.05) is 26.1 Å². The molecule has 16 heavy (non-hydrogen) atoms. The minimum Gasteiger partial charge on any atom is -0.392 e. The Kier molecular flexibility index (Phi) is 4.22. The standard InChI is InChI=1S/C8H13N3O2S3/c1-5(2)6-3-15-8(10-6)11-16(12,13)4-7(9)14/h3,5H,4H2,1-2H3,(H2,9,14)(H,10,11). The van der Waals surface area contributed by atoms with E-state index in [-0.39, 0.29) is 16.7 Å². The first kappa shape index (κ1) is 13.3. The molecule has 0 aliphatic carbocycles. The second-order valence-electron chi connectivity index (χ2n) is 3.56. The molecular formula is C8H13N3O2S3. The maximum atomic E-state index is 11.5. The minimum atomic E-state index is -3.51. The first-order chi connectivity index (χ1) is 7.30. The van der Waals surface area contributed by atoms with E-state index in [1.165, 1.54) is 11.3 Å². The number of aromatic nitrogens is 1. The lowest BCUT2D eigenvalue weighted by molar-refractivity contribution is 0.605. The average molecular weight is 279 g/mol. The zero-order valence-corrected chi connectivity index (χ0v) is 11.4. The van der Waals surface area contributed by atoms with Gasteiger partial charge < -0.3 is 5.73 Å². The lowest BCUT2D eigenvalue weighted by atomic mass is 10.2. The van der Waals surface area contributed by atoms with Crippen molar-refractivity contribution < 1.29 is 8.42 Å². The fourth-order valence-corrected chi connectivity index (χ4v) is 3.47. The highest BCUT2D eigenvalue weighted by Gasteiger charge is 2.14. The molecule has 0 radical (unpaired) electrons. The van der Waals surface area contributed by atoms with Crippen molar-refractivity contribution in [3.05, 3.63) is 11.1 Å². The summed E-state index contributed by atoms with van der Waals surface area (Å²) in [7, 11) is -3.51. The summed E-state index contributed by atoms with van der Waals surface area (Å²) < 4.78 is 25.3. The van der Waals surface area contributed by atoms with E-state index in [4.69, 9.17) is 5.73 Å². The predicted molar refractivity (Wildman–Crippen MR) is 70.4 cm³/mol. The van der Waals surface area contributed by atoms with Gasteiger partial charge >= 0.3 is 0 Å². The summed E-state index contributed by atoms with van der Waals surface area (Å²) in [6.45, 7) is 3.98. The van der Waals surface area contributed by atoms with Gasteiger partial charge in [-0.3, -0.25) is 4.72 Å². The molecule has 3 N–H and O–H groups in total. The van der Waals surface area contributed by atoms with E-state index >= 15 is 0 Å². The van der Waals surface area contributed by atoms with Crippen molar-refractivity contribution in [2.24, 2.45) is 5.73 Å². The average Bonchev–Trinajstić information content (AvgIpc) is 2.48. The van der Waals surface area contributed by atoms with Gasteiger partial charge in [-0.25, -0.2) is 13.4 Å². The third-order valence-corrected chi connectivity index (χ3v) is 4.12. The summed E-state index contributed by atoms with van der Waals surface area (Å²) in [5, 5.41) is 2.17. The van der Waals surface area contributed by atoms with E-state index in [0.717, 1.165) is 5.69 Å². The molecular weight excluding hydrogens is 266 g/mol. The molecule has 0 aliphatic heterocycles. The van der Waals surface area contributed by atoms with Crippen LogP contribution in [0.3, 0.4) is 0 Å². The molecule has 1 aromatic rings. The van der Waals surface area contributed by atoms with E-state index in [1.54, 1.807) is 0 Å². The van der Waals surface area contributed by atoms with Gasteiger partial charge in [-0.15, -0.1) is 11.3 Å². The molecule has 0 atom stereocenters. The Balaban J connectivity index is 2.76. The third-order valence-electron chi connectivity index (χ3n) is 1.69. The normalized spacial score (nSPS) is 11.7. The van der Waals surface area contributed by atoms with E-state index in [1.807, 2.05) is 19.2 Å². The van der Waals surface area contributed by atoms with Crippen molar-refractivity contribution in [3.63, 3.8) is 0 Å². The quantitative estimate of drug-likeness (QED) is 0.793. The van der Waals surface area contributed by atoms with Gasteiger partial charge in [0.1, 0.15) is 5.75 Å². The van der Waals surface area contributed by atoms with Gasteiger partial charge in [0.25, 0.3) is 0 Å². The molecule has 0 aliphatic rings. The Labute approximate surface area is 104 Å². The summed E-state index contributed by atoms with van der Waals surface area (Å²) in [4.78, 5) is 4.08. The molecule has 0 aromatic carbocycles. The summed E-state index contributed by atoms with van der Waals surface area (Å²) in [5.41, 5.74) is 6.04. The molecule has 0 unspecified atom stereocenters. The van der Waals surface area contributed by atoms with Crippen LogP contribution in [0.2, 0.25) is 0 Å². The van der Waals surface area contributed by atoms with E-state index < -0.39 is 10.0 Å². The number of nitrogens with two attached hydrogens (primary N) is 1. The molecule has 1 heterocycles. The van der Waals surface area contributed by atoms with Crippen LogP contribution >= 0.6 is 23.6 Å². The highest BCUT2D eigenvalue weighted by atomic mass is 32.2. The zero-order chi connectivity index (χ0) is 12.3. The molecule has 5 nitrogen and oxygen atoms in total. The number of rotatable bonds is 5. The van der Waals surface area contributed by atoms with Crippen LogP contribution in [0.4, 0.5) is 5.13 Å². The Bertz CT molecular complexity index is 478. The van der Waals surface area contributed by atoms with Crippen molar-refractivity contribution in [1.29, 1.82) is 0 Å². The molecule has 1 rings (SSSR count). The second kappa shape index (κ2) is 5.07. The van der Waals surface area contributed by atoms with Crippen molar-refractivity contribution in [3.8, 4) is 0 Å². The topological polar surface area (TPSA) is 85.1 Å². The van der Waals surface area contributed by atoms with Crippen LogP contribution in [0.1, 0.15) is 25.5 Å². The van der Waals surface area contributed by atoms with Gasteiger partial charge in [0.05, 0.1) is 10.7 Å². The van der Waals surface area contributed by atoms with Crippen LogP contribution in [0.5, 0.6) is 0 Å². The first-order valence-corrected chi connectivity index (χ1v) is 7.48. The van der Waals surface area contributed by atoms with Crippen molar-refractivity contribution in [1.82, 2.24) is 4.98 Å². The van der Waals surface area contributed by atoms with Crippen LogP contribution in [-0.4, -0.2) is 24.1 Å². The van der Waals surface area contributed by atoms with Crippen molar-refractivity contribution in [2.75, 3.05) is 10.5 Å². The van der Waals surface area contributed by atoms with Gasteiger partial charge in [0.2, 0.25) is 10.0 Å². The Morgan fingerprint density at radius 1 is 1.69 bits per heavy atom. The summed E-state index contributed by atoms with van der Waals surface area (Å²) in [6, 6.07) is 0. The maximum absolute atomic E-state index is 11.5. The summed E-state index contributed by atoms with van der Waals surface area (Å²) in [5.74, 6) is -0.0936. The van der Waals surface area contributed by atoms with Crippen LogP contribution in [0.25, 0.3) is 0 Å². The predicted octanol–water partition coefficient (Wildman–Crippen LogP) is 1.29. The highest BCUT2D eigenvalue weighted by molar-refractivity contribution is 7.95. The fourth-order valence-electron chi connectivity index (χ4n) is 0.955. The highest BCUT2D eigenvalue weighted by Crippen LogP contribution is 2.22. The SMILES string of the molecule is CC(C)c1csc(NS(=O)(=O)CC(N)=S)n1. The van der Waals surface area contributed by atoms with Crippen molar-refractivity contribution >= 4 is 43.7 Å². The second-order valence-corrected chi connectivity index (χ2v) is 6.66. The van der Waals surface area contributed by atoms with Gasteiger partial charge in [0.15, 0.2) is 5.13 Å². The molecule has 1 aromatic heterocycles. The molecule has 0 amide bonds. The number of anilines is 1. The largest absolute Gasteiger partial charge is 0.392 e. The molecule has 0 fully saturated rings. The van der Waals surface area contributed by atoms with Crippen LogP contribution < -0.4 is 10.5 Å². The third kappa shape index (κ3) is 4.03. The number of sulfonamides is 1.